The first-order valence-corrected chi connectivity index (χ1v) is 4.20. The third-order valence-corrected chi connectivity index (χ3v) is 1.98. The molecule has 0 saturated heterocycles. The quantitative estimate of drug-likeness (QED) is 0.572. The van der Waals surface area contributed by atoms with Crippen LogP contribution in [0.3, 0.4) is 0 Å². The Morgan fingerprint density at radius 3 is 2.46 bits per heavy atom. The van der Waals surface area contributed by atoms with Gasteiger partial charge < -0.3 is 12.4 Å². The molecule has 0 amide bonds. The molecule has 1 aromatic rings. The second-order valence-corrected chi connectivity index (χ2v) is 2.96. The number of quaternary nitrogens is 1. The summed E-state index contributed by atoms with van der Waals surface area (Å²) in [6, 6.07) is 10.5. The zero-order chi connectivity index (χ0) is 8.23. The highest BCUT2D eigenvalue weighted by Crippen LogP contribution is 2.04. The highest BCUT2D eigenvalue weighted by Gasteiger charge is 2.03. The van der Waals surface area contributed by atoms with E-state index < -0.39 is 0 Å². The van der Waals surface area contributed by atoms with E-state index in [1.807, 2.05) is 0 Å². The van der Waals surface area contributed by atoms with E-state index in [0.717, 1.165) is 6.42 Å². The SMILES string of the molecule is C1=C[NH2+]C(Cc2ccccc2)=C1.[Cl-]. The van der Waals surface area contributed by atoms with Crippen molar-refractivity contribution in [2.45, 2.75) is 6.42 Å². The molecule has 0 atom stereocenters. The molecule has 1 aromatic carbocycles. The van der Waals surface area contributed by atoms with Crippen molar-refractivity contribution in [2.75, 3.05) is 0 Å². The third kappa shape index (κ3) is 2.72. The van der Waals surface area contributed by atoms with Gasteiger partial charge >= 0.3 is 0 Å². The predicted octanol–water partition coefficient (Wildman–Crippen LogP) is -1.79. The maximum atomic E-state index is 2.16. The van der Waals surface area contributed by atoms with Crippen molar-refractivity contribution in [3.63, 3.8) is 0 Å². The van der Waals surface area contributed by atoms with Crippen molar-refractivity contribution in [1.82, 2.24) is 0 Å². The Bertz CT molecular complexity index is 314. The molecule has 68 valence electrons. The Labute approximate surface area is 84.6 Å². The van der Waals surface area contributed by atoms with Gasteiger partial charge in [-0.2, -0.15) is 0 Å². The summed E-state index contributed by atoms with van der Waals surface area (Å²) in [4.78, 5) is 0. The van der Waals surface area contributed by atoms with E-state index in [1.165, 1.54) is 11.3 Å². The largest absolute Gasteiger partial charge is 1.00 e. The molecule has 0 unspecified atom stereocenters. The Kier molecular flexibility index (Phi) is 3.74. The van der Waals surface area contributed by atoms with Crippen LogP contribution in [-0.2, 0) is 6.42 Å². The minimum atomic E-state index is 0. The molecule has 0 aromatic heterocycles. The van der Waals surface area contributed by atoms with Gasteiger partial charge in [0.15, 0.2) is 0 Å². The molecular weight excluding hydrogens is 182 g/mol. The molecule has 0 fully saturated rings. The van der Waals surface area contributed by atoms with Crippen LogP contribution in [0.1, 0.15) is 5.56 Å². The summed E-state index contributed by atoms with van der Waals surface area (Å²) in [5, 5.41) is 2.16. The fourth-order valence-corrected chi connectivity index (χ4v) is 1.36. The van der Waals surface area contributed by atoms with E-state index in [4.69, 9.17) is 0 Å². The normalized spacial score (nSPS) is 13.7. The number of halogens is 1. The lowest BCUT2D eigenvalue weighted by Gasteiger charge is -1.98. The van der Waals surface area contributed by atoms with E-state index in [1.54, 1.807) is 0 Å². The standard InChI is InChI=1S/C11H11N.ClH/c1-2-5-10(6-3-1)9-11-7-4-8-12-11;/h1-8,12H,9H2;1H. The molecule has 13 heavy (non-hydrogen) atoms. The average molecular weight is 194 g/mol. The molecule has 0 aliphatic carbocycles. The average Bonchev–Trinajstić information content (AvgIpc) is 2.59. The Morgan fingerprint density at radius 2 is 1.85 bits per heavy atom. The lowest BCUT2D eigenvalue weighted by atomic mass is 10.1. The summed E-state index contributed by atoms with van der Waals surface area (Å²) in [6.45, 7) is 0. The summed E-state index contributed by atoms with van der Waals surface area (Å²) in [5.74, 6) is 0. The molecule has 0 bridgehead atoms. The van der Waals surface area contributed by atoms with Gasteiger partial charge in [0.1, 0.15) is 5.70 Å². The van der Waals surface area contributed by atoms with Crippen LogP contribution in [-0.4, -0.2) is 0 Å². The number of rotatable bonds is 2. The molecule has 2 heteroatoms. The van der Waals surface area contributed by atoms with E-state index in [9.17, 15) is 0 Å². The van der Waals surface area contributed by atoms with Gasteiger partial charge in [0.25, 0.3) is 0 Å². The van der Waals surface area contributed by atoms with Crippen LogP contribution < -0.4 is 17.7 Å². The van der Waals surface area contributed by atoms with Gasteiger partial charge in [-0.15, -0.1) is 0 Å². The van der Waals surface area contributed by atoms with Crippen molar-refractivity contribution >= 4 is 0 Å². The topological polar surface area (TPSA) is 16.6 Å². The molecule has 0 radical (unpaired) electrons. The van der Waals surface area contributed by atoms with E-state index in [2.05, 4.69) is 54.0 Å². The Balaban J connectivity index is 0.000000845. The van der Waals surface area contributed by atoms with Crippen LogP contribution in [0.25, 0.3) is 0 Å². The van der Waals surface area contributed by atoms with Gasteiger partial charge in [-0.1, -0.05) is 30.3 Å². The lowest BCUT2D eigenvalue weighted by Crippen LogP contribution is -3.00. The molecule has 0 spiro atoms. The first-order valence-electron chi connectivity index (χ1n) is 4.20. The Morgan fingerprint density at radius 1 is 1.08 bits per heavy atom. The minimum absolute atomic E-state index is 0. The summed E-state index contributed by atoms with van der Waals surface area (Å²) >= 11 is 0. The van der Waals surface area contributed by atoms with Gasteiger partial charge in [-0.05, 0) is 11.6 Å². The van der Waals surface area contributed by atoms with Crippen molar-refractivity contribution in [3.05, 3.63) is 59.9 Å². The lowest BCUT2D eigenvalue weighted by molar-refractivity contribution is -0.532. The molecule has 0 saturated carbocycles. The van der Waals surface area contributed by atoms with Crippen LogP contribution in [0.5, 0.6) is 0 Å². The van der Waals surface area contributed by atoms with Crippen LogP contribution in [0, 0.1) is 0 Å². The highest BCUT2D eigenvalue weighted by molar-refractivity contribution is 5.21. The number of hydrogen-bond donors (Lipinski definition) is 1. The molecular formula is C11H12ClN. The summed E-state index contributed by atoms with van der Waals surface area (Å²) in [5.41, 5.74) is 2.77. The number of nitrogens with two attached hydrogens (primary N) is 1. The second kappa shape index (κ2) is 4.85. The zero-order valence-corrected chi connectivity index (χ0v) is 8.04. The van der Waals surface area contributed by atoms with Crippen molar-refractivity contribution in [3.8, 4) is 0 Å². The van der Waals surface area contributed by atoms with Gasteiger partial charge in [-0.25, -0.2) is 0 Å². The number of benzene rings is 1. The monoisotopic (exact) mass is 193 g/mol. The molecule has 2 rings (SSSR count). The van der Waals surface area contributed by atoms with Crippen molar-refractivity contribution < 1.29 is 17.7 Å². The van der Waals surface area contributed by atoms with E-state index in [0.29, 0.717) is 0 Å². The molecule has 1 aliphatic rings. The molecule has 1 heterocycles. The van der Waals surface area contributed by atoms with Gasteiger partial charge in [0.2, 0.25) is 0 Å². The number of allylic oxidation sites excluding steroid dienone is 3. The fourth-order valence-electron chi connectivity index (χ4n) is 1.36. The maximum absolute atomic E-state index is 2.16. The van der Waals surface area contributed by atoms with E-state index >= 15 is 0 Å². The maximum Gasteiger partial charge on any atom is 0.115 e. The van der Waals surface area contributed by atoms with Crippen LogP contribution in [0.4, 0.5) is 0 Å². The summed E-state index contributed by atoms with van der Waals surface area (Å²) in [6.07, 6.45) is 7.37. The smallest absolute Gasteiger partial charge is 0.115 e. The summed E-state index contributed by atoms with van der Waals surface area (Å²) in [7, 11) is 0. The number of hydrogen-bond acceptors (Lipinski definition) is 0. The third-order valence-electron chi connectivity index (χ3n) is 1.98. The Hall–Kier alpha value is -1.05. The minimum Gasteiger partial charge on any atom is -1.00 e. The van der Waals surface area contributed by atoms with Gasteiger partial charge in [0.05, 0.1) is 6.20 Å². The first kappa shape index (κ1) is 10.0. The van der Waals surface area contributed by atoms with Crippen LogP contribution in [0.2, 0.25) is 0 Å². The van der Waals surface area contributed by atoms with Gasteiger partial charge in [0, 0.05) is 12.5 Å². The molecule has 1 aliphatic heterocycles. The van der Waals surface area contributed by atoms with Gasteiger partial charge in [-0.3, -0.25) is 5.32 Å². The van der Waals surface area contributed by atoms with E-state index in [-0.39, 0.29) is 12.4 Å². The molecule has 1 nitrogen and oxygen atoms in total. The van der Waals surface area contributed by atoms with Crippen molar-refractivity contribution in [2.24, 2.45) is 0 Å². The van der Waals surface area contributed by atoms with Crippen LogP contribution in [0.15, 0.2) is 54.4 Å². The first-order chi connectivity index (χ1) is 5.95. The summed E-state index contributed by atoms with van der Waals surface area (Å²) < 4.78 is 0. The highest BCUT2D eigenvalue weighted by atomic mass is 35.5. The fraction of sp³-hybridized carbons (Fsp3) is 0.0909. The van der Waals surface area contributed by atoms with Crippen LogP contribution >= 0.6 is 0 Å². The molecule has 2 N–H and O–H groups in total. The predicted molar refractivity (Wildman–Crippen MR) is 49.3 cm³/mol. The van der Waals surface area contributed by atoms with Crippen molar-refractivity contribution in [1.29, 1.82) is 0 Å². The second-order valence-electron chi connectivity index (χ2n) is 2.96. The zero-order valence-electron chi connectivity index (χ0n) is 7.28.